The number of rotatable bonds is 2. The first-order valence-electron chi connectivity index (χ1n) is 4.47. The van der Waals surface area contributed by atoms with Gasteiger partial charge in [0.25, 0.3) is 0 Å². The molecule has 0 radical (unpaired) electrons. The van der Waals surface area contributed by atoms with E-state index in [0.29, 0.717) is 11.6 Å². The van der Waals surface area contributed by atoms with Crippen LogP contribution in [0.15, 0.2) is 29.4 Å². The number of hydrogen-bond acceptors (Lipinski definition) is 3. The fourth-order valence-electron chi connectivity index (χ4n) is 1.45. The SMILES string of the molecule is NCC1=NOC(c2ccccc2Cl)C1. The molecule has 14 heavy (non-hydrogen) atoms. The Hall–Kier alpha value is -1.06. The Morgan fingerprint density at radius 1 is 1.50 bits per heavy atom. The molecule has 0 amide bonds. The van der Waals surface area contributed by atoms with E-state index in [1.54, 1.807) is 0 Å². The minimum Gasteiger partial charge on any atom is -0.387 e. The van der Waals surface area contributed by atoms with Crippen LogP contribution in [-0.4, -0.2) is 12.3 Å². The Morgan fingerprint density at radius 2 is 2.29 bits per heavy atom. The lowest BCUT2D eigenvalue weighted by molar-refractivity contribution is 0.0858. The molecule has 0 aromatic heterocycles. The minimum absolute atomic E-state index is 0.0674. The highest BCUT2D eigenvalue weighted by molar-refractivity contribution is 6.31. The maximum absolute atomic E-state index is 6.03. The highest BCUT2D eigenvalue weighted by Gasteiger charge is 2.23. The quantitative estimate of drug-likeness (QED) is 0.813. The molecule has 4 heteroatoms. The monoisotopic (exact) mass is 210 g/mol. The van der Waals surface area contributed by atoms with Crippen LogP contribution < -0.4 is 5.73 Å². The molecular weight excluding hydrogens is 200 g/mol. The lowest BCUT2D eigenvalue weighted by atomic mass is 10.0. The van der Waals surface area contributed by atoms with E-state index in [0.717, 1.165) is 17.7 Å². The first kappa shape index (κ1) is 9.49. The fraction of sp³-hybridized carbons (Fsp3) is 0.300. The minimum atomic E-state index is -0.0674. The molecule has 0 aliphatic carbocycles. The number of nitrogens with zero attached hydrogens (tertiary/aromatic N) is 1. The third-order valence-corrected chi connectivity index (χ3v) is 2.56. The van der Waals surface area contributed by atoms with Crippen molar-refractivity contribution in [2.45, 2.75) is 12.5 Å². The van der Waals surface area contributed by atoms with Crippen molar-refractivity contribution in [2.24, 2.45) is 10.9 Å². The van der Waals surface area contributed by atoms with Gasteiger partial charge in [-0.15, -0.1) is 0 Å². The molecule has 1 heterocycles. The standard InChI is InChI=1S/C10H11ClN2O/c11-9-4-2-1-3-8(9)10-5-7(6-12)13-14-10/h1-4,10H,5-6,12H2. The third-order valence-electron chi connectivity index (χ3n) is 2.22. The van der Waals surface area contributed by atoms with Gasteiger partial charge in [-0.25, -0.2) is 0 Å². The van der Waals surface area contributed by atoms with Crippen LogP contribution in [0.5, 0.6) is 0 Å². The summed E-state index contributed by atoms with van der Waals surface area (Å²) >= 11 is 6.03. The van der Waals surface area contributed by atoms with Crippen molar-refractivity contribution in [3.05, 3.63) is 34.9 Å². The smallest absolute Gasteiger partial charge is 0.159 e. The van der Waals surface area contributed by atoms with Crippen molar-refractivity contribution in [1.82, 2.24) is 0 Å². The van der Waals surface area contributed by atoms with Gasteiger partial charge in [-0.1, -0.05) is 35.0 Å². The molecule has 0 saturated carbocycles. The number of oxime groups is 1. The van der Waals surface area contributed by atoms with E-state index in [2.05, 4.69) is 5.16 Å². The molecule has 0 spiro atoms. The maximum Gasteiger partial charge on any atom is 0.159 e. The molecule has 2 rings (SSSR count). The van der Waals surface area contributed by atoms with E-state index in [-0.39, 0.29) is 6.10 Å². The van der Waals surface area contributed by atoms with Crippen LogP contribution in [0.4, 0.5) is 0 Å². The largest absolute Gasteiger partial charge is 0.387 e. The first-order valence-corrected chi connectivity index (χ1v) is 4.85. The second-order valence-electron chi connectivity index (χ2n) is 3.18. The maximum atomic E-state index is 6.03. The topological polar surface area (TPSA) is 47.6 Å². The zero-order valence-electron chi connectivity index (χ0n) is 7.61. The number of halogens is 1. The summed E-state index contributed by atoms with van der Waals surface area (Å²) in [6.45, 7) is 0.445. The molecule has 1 atom stereocenters. The van der Waals surface area contributed by atoms with Crippen LogP contribution in [-0.2, 0) is 4.84 Å². The predicted molar refractivity (Wildman–Crippen MR) is 56.4 cm³/mol. The fourth-order valence-corrected chi connectivity index (χ4v) is 1.71. The van der Waals surface area contributed by atoms with Crippen LogP contribution in [0.2, 0.25) is 5.02 Å². The number of nitrogens with two attached hydrogens (primary N) is 1. The van der Waals surface area contributed by atoms with Crippen molar-refractivity contribution in [2.75, 3.05) is 6.54 Å². The molecule has 1 aromatic carbocycles. The lowest BCUT2D eigenvalue weighted by Gasteiger charge is -2.09. The summed E-state index contributed by atoms with van der Waals surface area (Å²) in [5, 5.41) is 4.60. The van der Waals surface area contributed by atoms with Crippen molar-refractivity contribution in [1.29, 1.82) is 0 Å². The zero-order valence-corrected chi connectivity index (χ0v) is 8.37. The average molecular weight is 211 g/mol. The van der Waals surface area contributed by atoms with Gasteiger partial charge >= 0.3 is 0 Å². The van der Waals surface area contributed by atoms with Gasteiger partial charge in [0, 0.05) is 23.6 Å². The summed E-state index contributed by atoms with van der Waals surface area (Å²) in [5.74, 6) is 0. The van der Waals surface area contributed by atoms with Crippen molar-refractivity contribution in [3.63, 3.8) is 0 Å². The Labute approximate surface area is 87.5 Å². The second kappa shape index (κ2) is 3.98. The van der Waals surface area contributed by atoms with Crippen LogP contribution in [0.25, 0.3) is 0 Å². The van der Waals surface area contributed by atoms with Crippen LogP contribution in [0, 0.1) is 0 Å². The summed E-state index contributed by atoms with van der Waals surface area (Å²) < 4.78 is 0. The average Bonchev–Trinajstić information content (AvgIpc) is 2.67. The third kappa shape index (κ3) is 1.74. The Bertz CT molecular complexity index is 365. The lowest BCUT2D eigenvalue weighted by Crippen LogP contribution is -2.12. The van der Waals surface area contributed by atoms with Gasteiger partial charge in [-0.05, 0) is 6.07 Å². The summed E-state index contributed by atoms with van der Waals surface area (Å²) in [7, 11) is 0. The Kier molecular flexibility index (Phi) is 2.70. The van der Waals surface area contributed by atoms with E-state index < -0.39 is 0 Å². The van der Waals surface area contributed by atoms with Gasteiger partial charge in [-0.2, -0.15) is 0 Å². The van der Waals surface area contributed by atoms with E-state index in [1.807, 2.05) is 24.3 Å². The van der Waals surface area contributed by atoms with E-state index in [4.69, 9.17) is 22.2 Å². The van der Waals surface area contributed by atoms with Gasteiger partial charge in [-0.3, -0.25) is 0 Å². The molecule has 0 fully saturated rings. The van der Waals surface area contributed by atoms with E-state index in [1.165, 1.54) is 0 Å². The van der Waals surface area contributed by atoms with Gasteiger partial charge in [0.2, 0.25) is 0 Å². The van der Waals surface area contributed by atoms with Crippen molar-refractivity contribution < 1.29 is 4.84 Å². The molecule has 3 nitrogen and oxygen atoms in total. The molecule has 0 bridgehead atoms. The molecule has 1 aliphatic rings. The van der Waals surface area contributed by atoms with Crippen molar-refractivity contribution in [3.8, 4) is 0 Å². The molecule has 0 saturated heterocycles. The van der Waals surface area contributed by atoms with Gasteiger partial charge in [0.1, 0.15) is 0 Å². The van der Waals surface area contributed by atoms with Crippen molar-refractivity contribution >= 4 is 17.3 Å². The van der Waals surface area contributed by atoms with Crippen LogP contribution >= 0.6 is 11.6 Å². The van der Waals surface area contributed by atoms with Gasteiger partial charge < -0.3 is 10.6 Å². The number of benzene rings is 1. The van der Waals surface area contributed by atoms with E-state index >= 15 is 0 Å². The van der Waals surface area contributed by atoms with Gasteiger partial charge in [0.15, 0.2) is 6.10 Å². The molecule has 1 aliphatic heterocycles. The van der Waals surface area contributed by atoms with Crippen LogP contribution in [0.3, 0.4) is 0 Å². The highest BCUT2D eigenvalue weighted by Crippen LogP contribution is 2.31. The molecule has 1 aromatic rings. The Morgan fingerprint density at radius 3 is 2.93 bits per heavy atom. The molecule has 1 unspecified atom stereocenters. The van der Waals surface area contributed by atoms with Crippen LogP contribution in [0.1, 0.15) is 18.1 Å². The molecule has 2 N–H and O–H groups in total. The first-order chi connectivity index (χ1) is 6.81. The van der Waals surface area contributed by atoms with E-state index in [9.17, 15) is 0 Å². The normalized spacial score (nSPS) is 20.4. The Balaban J connectivity index is 2.16. The summed E-state index contributed by atoms with van der Waals surface area (Å²) in [6, 6.07) is 7.62. The predicted octanol–water partition coefficient (Wildman–Crippen LogP) is 2.12. The molecular formula is C10H11ClN2O. The number of hydrogen-bond donors (Lipinski definition) is 1. The summed E-state index contributed by atoms with van der Waals surface area (Å²) in [4.78, 5) is 5.25. The summed E-state index contributed by atoms with van der Waals surface area (Å²) in [5.41, 5.74) is 7.33. The van der Waals surface area contributed by atoms with Gasteiger partial charge in [0.05, 0.1) is 5.71 Å². The molecule has 74 valence electrons. The zero-order chi connectivity index (χ0) is 9.97. The second-order valence-corrected chi connectivity index (χ2v) is 3.59. The highest BCUT2D eigenvalue weighted by atomic mass is 35.5. The summed E-state index contributed by atoms with van der Waals surface area (Å²) in [6.07, 6.45) is 0.669.